The summed E-state index contributed by atoms with van der Waals surface area (Å²) in [5.74, 6) is -1.50. The second-order valence-corrected chi connectivity index (χ2v) is 20.5. The highest BCUT2D eigenvalue weighted by Gasteiger charge is 2.82. The topological polar surface area (TPSA) is 237 Å². The van der Waals surface area contributed by atoms with Crippen LogP contribution in [0.25, 0.3) is 0 Å². The lowest BCUT2D eigenvalue weighted by molar-refractivity contribution is -0.353. The van der Waals surface area contributed by atoms with Crippen LogP contribution in [0.1, 0.15) is 120 Å². The van der Waals surface area contributed by atoms with E-state index in [1.54, 1.807) is 35.0 Å². The number of hydrogen-bond donors (Lipinski definition) is 5. The fourth-order valence-corrected chi connectivity index (χ4v) is 13.7. The molecule has 0 aromatic carbocycles. The summed E-state index contributed by atoms with van der Waals surface area (Å²) in [6.07, 6.45) is -7.31. The van der Waals surface area contributed by atoms with Crippen molar-refractivity contribution in [1.29, 1.82) is 0 Å². The van der Waals surface area contributed by atoms with Gasteiger partial charge in [0.1, 0.15) is 53.9 Å². The molecule has 7 aliphatic rings. The molecule has 0 aromatic rings. The Bertz CT molecular complexity index is 1650. The van der Waals surface area contributed by atoms with Crippen molar-refractivity contribution in [2.24, 2.45) is 22.7 Å². The molecule has 0 radical (unpaired) electrons. The van der Waals surface area contributed by atoms with Crippen molar-refractivity contribution in [3.05, 3.63) is 0 Å². The van der Waals surface area contributed by atoms with Crippen molar-refractivity contribution in [3.8, 4) is 0 Å². The van der Waals surface area contributed by atoms with Crippen molar-refractivity contribution >= 4 is 11.9 Å². The van der Waals surface area contributed by atoms with Gasteiger partial charge in [-0.1, -0.05) is 13.8 Å². The number of aliphatic hydroxyl groups is 5. The largest absolute Gasteiger partial charge is 0.462 e. The molecule has 0 spiro atoms. The molecule has 4 saturated carbocycles. The number of fused-ring (bicyclic) bond motifs is 5. The number of ether oxygens (including phenoxy) is 11. The summed E-state index contributed by atoms with van der Waals surface area (Å²) < 4.78 is 66.9. The third-order valence-electron chi connectivity index (χ3n) is 17.3. The highest BCUT2D eigenvalue weighted by atomic mass is 16.8. The van der Waals surface area contributed by atoms with Crippen LogP contribution >= 0.6 is 0 Å². The first kappa shape index (κ1) is 50.3. The molecular formula is C46H76O18. The first-order chi connectivity index (χ1) is 30.0. The Labute approximate surface area is 377 Å². The Morgan fingerprint density at radius 3 is 1.86 bits per heavy atom. The molecule has 3 heterocycles. The number of carbonyl (C=O) groups excluding carboxylic acids is 2. The van der Waals surface area contributed by atoms with Crippen LogP contribution in [0.3, 0.4) is 0 Å². The van der Waals surface area contributed by atoms with E-state index < -0.39 is 138 Å². The molecule has 4 aliphatic carbocycles. The zero-order valence-electron chi connectivity index (χ0n) is 39.5. The smallest absolute Gasteiger partial charge is 0.302 e. The predicted octanol–water partition coefficient (Wildman–Crippen LogP) is 2.42. The summed E-state index contributed by atoms with van der Waals surface area (Å²) in [6, 6.07) is 0. The minimum absolute atomic E-state index is 0.0432. The van der Waals surface area contributed by atoms with Gasteiger partial charge >= 0.3 is 11.9 Å². The van der Waals surface area contributed by atoms with Crippen LogP contribution in [-0.2, 0) is 61.7 Å². The van der Waals surface area contributed by atoms with E-state index >= 15 is 0 Å². The summed E-state index contributed by atoms with van der Waals surface area (Å²) in [6.45, 7) is 13.4. The molecule has 3 aliphatic heterocycles. The first-order valence-corrected chi connectivity index (χ1v) is 23.4. The molecule has 18 heteroatoms. The van der Waals surface area contributed by atoms with E-state index in [-0.39, 0.29) is 37.7 Å². The Balaban J connectivity index is 0.983. The molecule has 23 atom stereocenters. The van der Waals surface area contributed by atoms with Gasteiger partial charge in [-0.25, -0.2) is 0 Å². The minimum Gasteiger partial charge on any atom is -0.462 e. The third-order valence-corrected chi connectivity index (χ3v) is 17.3. The van der Waals surface area contributed by atoms with E-state index in [1.807, 2.05) is 13.8 Å². The predicted molar refractivity (Wildman–Crippen MR) is 223 cm³/mol. The molecule has 3 saturated heterocycles. The standard InChI is InChI=1S/C46H76O18/c1-22-36(49)40(56-11)37(50)41(59-22)64-39-24(3)58-35(20-31(39)55-10)63-38-23(2)57-34(19-30(38)54-9)62-29-13-14-42(7)28(18-29)12-15-45(52)32(42)21-33(61-27(6)48)43(8)44(51,16-17-46(43,45)53)25(4)60-26(5)47/h22-25,28-41,49-53H,12-21H2,1-11H3/t22-,23-,24-,25?,28?,29?,30+,31+,32?,33-,34+,35+,36-,37-,38-,39-,40-,41+,42?,43-,44-,45+,46-/m1/s1. The average Bonchev–Trinajstić information content (AvgIpc) is 3.46. The van der Waals surface area contributed by atoms with Gasteiger partial charge in [0.15, 0.2) is 18.9 Å². The molecule has 5 N–H and O–H groups in total. The summed E-state index contributed by atoms with van der Waals surface area (Å²) >= 11 is 0. The summed E-state index contributed by atoms with van der Waals surface area (Å²) in [5.41, 5.74) is -7.24. The Morgan fingerprint density at radius 1 is 0.672 bits per heavy atom. The maximum atomic E-state index is 12.9. The number of hydrogen-bond acceptors (Lipinski definition) is 18. The number of aliphatic hydroxyl groups excluding tert-OH is 2. The van der Waals surface area contributed by atoms with Gasteiger partial charge in [0.05, 0.1) is 47.6 Å². The van der Waals surface area contributed by atoms with Gasteiger partial charge in [-0.2, -0.15) is 0 Å². The number of esters is 2. The van der Waals surface area contributed by atoms with Crippen molar-refractivity contribution in [3.63, 3.8) is 0 Å². The van der Waals surface area contributed by atoms with Gasteiger partial charge in [0.2, 0.25) is 0 Å². The lowest BCUT2D eigenvalue weighted by Gasteiger charge is -2.69. The van der Waals surface area contributed by atoms with Crippen LogP contribution in [0.2, 0.25) is 0 Å². The zero-order chi connectivity index (χ0) is 46.9. The summed E-state index contributed by atoms with van der Waals surface area (Å²) in [4.78, 5) is 24.7. The normalized spacial score (nSPS) is 52.2. The number of methoxy groups -OCH3 is 3. The summed E-state index contributed by atoms with van der Waals surface area (Å²) in [7, 11) is 4.62. The van der Waals surface area contributed by atoms with Crippen molar-refractivity contribution in [2.45, 2.75) is 235 Å². The van der Waals surface area contributed by atoms with Crippen LogP contribution in [0.15, 0.2) is 0 Å². The highest BCUT2D eigenvalue weighted by molar-refractivity contribution is 5.67. The fraction of sp³-hybridized carbons (Fsp3) is 0.957. The second kappa shape index (κ2) is 18.7. The SMILES string of the molecule is CO[C@H]1[C@@H](O)[C@H](O[C@H]2[C@@H](OC)C[C@H](O[C@H]3[C@@H](OC)C[C@H](OC4CCC5(C)C(CC[C@]6(O)C5C[C@@H](OC(C)=O)[C@@]5(C)[C@]6(O)CC[C@@]5(O)C(C)OC(C)=O)C4)O[C@@H]3C)O[C@@H]2C)O[C@H](C)[C@H]1O. The maximum absolute atomic E-state index is 12.9. The molecule has 7 fully saturated rings. The van der Waals surface area contributed by atoms with E-state index in [4.69, 9.17) is 52.1 Å². The van der Waals surface area contributed by atoms with Crippen molar-refractivity contribution in [2.75, 3.05) is 21.3 Å². The van der Waals surface area contributed by atoms with Crippen LogP contribution in [-0.4, -0.2) is 174 Å². The van der Waals surface area contributed by atoms with Gasteiger partial charge in [0.25, 0.3) is 0 Å². The zero-order valence-corrected chi connectivity index (χ0v) is 39.5. The molecule has 0 aromatic heterocycles. The Hall–Kier alpha value is -1.62. The third kappa shape index (κ3) is 8.28. The Morgan fingerprint density at radius 2 is 1.28 bits per heavy atom. The minimum atomic E-state index is -1.85. The van der Waals surface area contributed by atoms with Gasteiger partial charge in [-0.3, -0.25) is 9.59 Å². The Kier molecular flexibility index (Phi) is 14.7. The van der Waals surface area contributed by atoms with Crippen molar-refractivity contribution in [1.82, 2.24) is 0 Å². The second-order valence-electron chi connectivity index (χ2n) is 20.5. The number of rotatable bonds is 12. The highest BCUT2D eigenvalue weighted by Crippen LogP contribution is 2.72. The fourth-order valence-electron chi connectivity index (χ4n) is 13.7. The maximum Gasteiger partial charge on any atom is 0.302 e. The first-order valence-electron chi connectivity index (χ1n) is 23.4. The van der Waals surface area contributed by atoms with E-state index in [0.29, 0.717) is 38.5 Å². The van der Waals surface area contributed by atoms with Crippen LogP contribution in [0, 0.1) is 22.7 Å². The molecular weight excluding hydrogens is 840 g/mol. The molecule has 0 amide bonds. The van der Waals surface area contributed by atoms with E-state index in [2.05, 4.69) is 6.92 Å². The van der Waals surface area contributed by atoms with Gasteiger partial charge in [0, 0.05) is 48.0 Å². The average molecular weight is 917 g/mol. The molecule has 18 nitrogen and oxygen atoms in total. The van der Waals surface area contributed by atoms with E-state index in [9.17, 15) is 35.1 Å². The number of carbonyl (C=O) groups is 2. The van der Waals surface area contributed by atoms with Gasteiger partial charge < -0.3 is 77.6 Å². The lowest BCUT2D eigenvalue weighted by Crippen LogP contribution is -2.79. The van der Waals surface area contributed by atoms with Crippen LogP contribution < -0.4 is 0 Å². The quantitative estimate of drug-likeness (QED) is 0.140. The lowest BCUT2D eigenvalue weighted by atomic mass is 9.40. The van der Waals surface area contributed by atoms with Gasteiger partial charge in [-0.15, -0.1) is 0 Å². The molecule has 5 unspecified atom stereocenters. The van der Waals surface area contributed by atoms with Gasteiger partial charge in [-0.05, 0) is 96.3 Å². The van der Waals surface area contributed by atoms with E-state index in [1.165, 1.54) is 21.0 Å². The monoisotopic (exact) mass is 917 g/mol. The van der Waals surface area contributed by atoms with Crippen LogP contribution in [0.4, 0.5) is 0 Å². The molecule has 0 bridgehead atoms. The molecule has 64 heavy (non-hydrogen) atoms. The van der Waals surface area contributed by atoms with E-state index in [0.717, 1.165) is 0 Å². The van der Waals surface area contributed by atoms with Crippen LogP contribution in [0.5, 0.6) is 0 Å². The molecule has 7 rings (SSSR count). The summed E-state index contributed by atoms with van der Waals surface area (Å²) in [5, 5.41) is 59.5. The van der Waals surface area contributed by atoms with Crippen molar-refractivity contribution < 1.29 is 87.2 Å². The molecule has 368 valence electrons.